The van der Waals surface area contributed by atoms with Crippen LogP contribution in [0.1, 0.15) is 29.5 Å². The largest absolute Gasteiger partial charge is 0.504 e. The quantitative estimate of drug-likeness (QED) is 0.709. The summed E-state index contributed by atoms with van der Waals surface area (Å²) in [6.45, 7) is 3.78. The van der Waals surface area contributed by atoms with E-state index in [4.69, 9.17) is 9.47 Å². The highest BCUT2D eigenvalue weighted by Crippen LogP contribution is 2.47. The molecule has 4 rings (SSSR count). The molecule has 0 spiro atoms. The lowest BCUT2D eigenvalue weighted by Crippen LogP contribution is -2.15. The first-order valence-electron chi connectivity index (χ1n) is 8.84. The van der Waals surface area contributed by atoms with Crippen molar-refractivity contribution in [2.45, 2.75) is 19.8 Å². The second kappa shape index (κ2) is 6.78. The Kier molecular flexibility index (Phi) is 4.28. The van der Waals surface area contributed by atoms with E-state index in [2.05, 4.69) is 16.3 Å². The molecule has 140 valence electrons. The predicted octanol–water partition coefficient (Wildman–Crippen LogP) is 4.42. The fourth-order valence-corrected chi connectivity index (χ4v) is 3.53. The number of nitrogens with one attached hydrogen (secondary N) is 1. The van der Waals surface area contributed by atoms with Gasteiger partial charge in [-0.05, 0) is 31.5 Å². The van der Waals surface area contributed by atoms with E-state index in [1.54, 1.807) is 19.1 Å². The van der Waals surface area contributed by atoms with Crippen molar-refractivity contribution >= 4 is 0 Å². The van der Waals surface area contributed by atoms with Crippen LogP contribution in [0.4, 0.5) is 0 Å². The number of fused-ring (bicyclic) bond motifs is 1. The molecule has 6 nitrogen and oxygen atoms in total. The number of phenolic OH excluding ortho intramolecular Hbond substituents is 1. The van der Waals surface area contributed by atoms with Crippen LogP contribution in [0.25, 0.3) is 11.3 Å². The molecule has 0 aliphatic carbocycles. The zero-order valence-electron chi connectivity index (χ0n) is 15.8. The number of H-pyrrole nitrogens is 1. The van der Waals surface area contributed by atoms with Crippen molar-refractivity contribution in [2.75, 3.05) is 7.11 Å². The molecule has 1 aliphatic heterocycles. The minimum absolute atomic E-state index is 0.0170. The fraction of sp³-hybridized carbons (Fsp3) is 0.182. The lowest BCUT2D eigenvalue weighted by molar-refractivity contribution is 0.372. The molecule has 0 radical (unpaired) electrons. The molecule has 0 saturated carbocycles. The SMILES string of the molecule is COc1ccc(C2C(C#N)=C(C)Oc3[nH]nc(-c4ccc(C)cc4)c32)cc1O. The summed E-state index contributed by atoms with van der Waals surface area (Å²) < 4.78 is 11.0. The maximum absolute atomic E-state index is 10.3. The van der Waals surface area contributed by atoms with Crippen LogP contribution in [0.15, 0.2) is 53.8 Å². The van der Waals surface area contributed by atoms with Gasteiger partial charge in [-0.3, -0.25) is 0 Å². The minimum atomic E-state index is -0.416. The first kappa shape index (κ1) is 17.7. The summed E-state index contributed by atoms with van der Waals surface area (Å²) in [5.74, 6) is 0.993. The molecule has 1 aromatic heterocycles. The van der Waals surface area contributed by atoms with E-state index in [1.165, 1.54) is 7.11 Å². The van der Waals surface area contributed by atoms with E-state index in [-0.39, 0.29) is 5.75 Å². The summed E-state index contributed by atoms with van der Waals surface area (Å²) in [6.07, 6.45) is 0. The molecule has 2 heterocycles. The van der Waals surface area contributed by atoms with Gasteiger partial charge in [-0.1, -0.05) is 35.9 Å². The average molecular weight is 373 g/mol. The number of aromatic hydroxyl groups is 1. The molecule has 28 heavy (non-hydrogen) atoms. The van der Waals surface area contributed by atoms with Crippen molar-refractivity contribution in [2.24, 2.45) is 0 Å². The number of hydrogen-bond donors (Lipinski definition) is 2. The first-order valence-corrected chi connectivity index (χ1v) is 8.84. The van der Waals surface area contributed by atoms with Crippen molar-refractivity contribution in [3.05, 3.63) is 70.5 Å². The number of rotatable bonds is 3. The summed E-state index contributed by atoms with van der Waals surface area (Å²) in [4.78, 5) is 0. The van der Waals surface area contributed by atoms with Crippen LogP contribution in [0, 0.1) is 18.3 Å². The van der Waals surface area contributed by atoms with Crippen LogP contribution >= 0.6 is 0 Å². The molecule has 1 unspecified atom stereocenters. The molecule has 0 bridgehead atoms. The lowest BCUT2D eigenvalue weighted by Gasteiger charge is -2.25. The maximum atomic E-state index is 10.3. The maximum Gasteiger partial charge on any atom is 0.219 e. The van der Waals surface area contributed by atoms with Gasteiger partial charge in [0.15, 0.2) is 11.5 Å². The number of hydrogen-bond acceptors (Lipinski definition) is 5. The number of aromatic amines is 1. The van der Waals surface area contributed by atoms with Crippen molar-refractivity contribution in [3.8, 4) is 34.7 Å². The highest BCUT2D eigenvalue weighted by Gasteiger charge is 2.35. The smallest absolute Gasteiger partial charge is 0.219 e. The van der Waals surface area contributed by atoms with Gasteiger partial charge in [0.05, 0.1) is 30.2 Å². The first-order chi connectivity index (χ1) is 13.5. The summed E-state index contributed by atoms with van der Waals surface area (Å²) in [6, 6.07) is 15.4. The monoisotopic (exact) mass is 373 g/mol. The minimum Gasteiger partial charge on any atom is -0.504 e. The number of benzene rings is 2. The summed E-state index contributed by atoms with van der Waals surface area (Å²) in [7, 11) is 1.50. The third kappa shape index (κ3) is 2.78. The number of allylic oxidation sites excluding steroid dienone is 2. The Morgan fingerprint density at radius 3 is 2.57 bits per heavy atom. The summed E-state index contributed by atoms with van der Waals surface area (Å²) in [5, 5.41) is 27.5. The van der Waals surface area contributed by atoms with Gasteiger partial charge in [-0.2, -0.15) is 10.4 Å². The summed E-state index contributed by atoms with van der Waals surface area (Å²) in [5.41, 5.74) is 4.80. The number of nitrogens with zero attached hydrogens (tertiary/aromatic N) is 2. The number of aryl methyl sites for hydroxylation is 1. The third-order valence-electron chi connectivity index (χ3n) is 4.96. The van der Waals surface area contributed by atoms with Crippen LogP contribution in [0.2, 0.25) is 0 Å². The van der Waals surface area contributed by atoms with Crippen LogP contribution in [-0.4, -0.2) is 22.4 Å². The van der Waals surface area contributed by atoms with Gasteiger partial charge in [0.2, 0.25) is 5.88 Å². The number of aromatic nitrogens is 2. The van der Waals surface area contributed by atoms with E-state index in [1.807, 2.05) is 37.3 Å². The van der Waals surface area contributed by atoms with Gasteiger partial charge in [-0.15, -0.1) is 0 Å². The van der Waals surface area contributed by atoms with E-state index in [0.717, 1.165) is 27.9 Å². The highest BCUT2D eigenvalue weighted by atomic mass is 16.5. The van der Waals surface area contributed by atoms with Crippen molar-refractivity contribution in [3.63, 3.8) is 0 Å². The van der Waals surface area contributed by atoms with Crippen molar-refractivity contribution in [1.29, 1.82) is 5.26 Å². The Morgan fingerprint density at radius 1 is 1.18 bits per heavy atom. The summed E-state index contributed by atoms with van der Waals surface area (Å²) >= 11 is 0. The average Bonchev–Trinajstić information content (AvgIpc) is 3.10. The Morgan fingerprint density at radius 2 is 1.93 bits per heavy atom. The van der Waals surface area contributed by atoms with Gasteiger partial charge in [0, 0.05) is 5.56 Å². The standard InChI is InChI=1S/C22H19N3O3/c1-12-4-6-14(7-5-12)21-20-19(15-8-9-18(27-3)17(26)10-15)16(11-23)13(2)28-22(20)25-24-21/h4-10,19,26H,1-3H3,(H,24,25). The van der Waals surface area contributed by atoms with Gasteiger partial charge < -0.3 is 14.6 Å². The Labute approximate surface area is 162 Å². The molecule has 0 fully saturated rings. The van der Waals surface area contributed by atoms with Gasteiger partial charge in [0.1, 0.15) is 11.5 Å². The fourth-order valence-electron chi connectivity index (χ4n) is 3.53. The Hall–Kier alpha value is -3.72. The molecular formula is C22H19N3O3. The van der Waals surface area contributed by atoms with Crippen molar-refractivity contribution < 1.29 is 14.6 Å². The Bertz CT molecular complexity index is 1120. The van der Waals surface area contributed by atoms with Crippen LogP contribution in [0.3, 0.4) is 0 Å². The third-order valence-corrected chi connectivity index (χ3v) is 4.96. The second-order valence-corrected chi connectivity index (χ2v) is 6.73. The lowest BCUT2D eigenvalue weighted by atomic mass is 9.82. The van der Waals surface area contributed by atoms with Crippen LogP contribution < -0.4 is 9.47 Å². The van der Waals surface area contributed by atoms with Crippen molar-refractivity contribution in [1.82, 2.24) is 10.2 Å². The van der Waals surface area contributed by atoms with E-state index in [0.29, 0.717) is 23.0 Å². The zero-order chi connectivity index (χ0) is 19.8. The topological polar surface area (TPSA) is 91.2 Å². The molecule has 1 aliphatic rings. The second-order valence-electron chi connectivity index (χ2n) is 6.73. The van der Waals surface area contributed by atoms with Gasteiger partial charge in [-0.25, -0.2) is 5.10 Å². The Balaban J connectivity index is 1.93. The molecule has 6 heteroatoms. The molecule has 1 atom stereocenters. The normalized spacial score (nSPS) is 15.6. The molecule has 0 amide bonds. The van der Waals surface area contributed by atoms with E-state index >= 15 is 0 Å². The van der Waals surface area contributed by atoms with E-state index in [9.17, 15) is 10.4 Å². The van der Waals surface area contributed by atoms with E-state index < -0.39 is 5.92 Å². The molecule has 2 N–H and O–H groups in total. The molecule has 2 aromatic carbocycles. The highest BCUT2D eigenvalue weighted by molar-refractivity contribution is 5.71. The zero-order valence-corrected chi connectivity index (χ0v) is 15.8. The van der Waals surface area contributed by atoms with Gasteiger partial charge in [0.25, 0.3) is 0 Å². The number of methoxy groups -OCH3 is 1. The molecule has 3 aromatic rings. The van der Waals surface area contributed by atoms with Crippen LogP contribution in [0.5, 0.6) is 17.4 Å². The number of phenols is 1. The molecule has 0 saturated heterocycles. The number of ether oxygens (including phenoxy) is 2. The predicted molar refractivity (Wildman–Crippen MR) is 104 cm³/mol. The van der Waals surface area contributed by atoms with Crippen LogP contribution in [-0.2, 0) is 0 Å². The number of nitriles is 1. The van der Waals surface area contributed by atoms with Gasteiger partial charge >= 0.3 is 0 Å². The molecular weight excluding hydrogens is 354 g/mol.